The molecule has 0 spiro atoms. The summed E-state index contributed by atoms with van der Waals surface area (Å²) >= 11 is 1.56. The van der Waals surface area contributed by atoms with Crippen LogP contribution in [0.5, 0.6) is 0 Å². The van der Waals surface area contributed by atoms with E-state index in [1.807, 2.05) is 22.4 Å². The largest absolute Gasteiger partial charge is 0.344 e. The second-order valence-corrected chi connectivity index (χ2v) is 5.96. The minimum Gasteiger partial charge on any atom is -0.344 e. The third-order valence-electron chi connectivity index (χ3n) is 3.33. The number of carbonyl (C=O) groups is 2. The summed E-state index contributed by atoms with van der Waals surface area (Å²) in [5.74, 6) is -0.0421. The molecule has 1 N–H and O–H groups in total. The van der Waals surface area contributed by atoms with E-state index in [-0.39, 0.29) is 11.8 Å². The van der Waals surface area contributed by atoms with Gasteiger partial charge in [-0.1, -0.05) is 6.07 Å². The van der Waals surface area contributed by atoms with Crippen molar-refractivity contribution in [1.29, 1.82) is 0 Å². The van der Waals surface area contributed by atoms with Gasteiger partial charge in [-0.2, -0.15) is 0 Å². The zero-order valence-corrected chi connectivity index (χ0v) is 12.0. The van der Waals surface area contributed by atoms with E-state index < -0.39 is 6.04 Å². The Labute approximate surface area is 117 Å². The van der Waals surface area contributed by atoms with Crippen LogP contribution in [0.3, 0.4) is 0 Å². The summed E-state index contributed by atoms with van der Waals surface area (Å²) in [6.07, 6.45) is 3.70. The van der Waals surface area contributed by atoms with Gasteiger partial charge in [-0.25, -0.2) is 0 Å². The van der Waals surface area contributed by atoms with E-state index in [0.717, 1.165) is 30.8 Å². The van der Waals surface area contributed by atoms with Crippen LogP contribution in [0.25, 0.3) is 0 Å². The van der Waals surface area contributed by atoms with Crippen LogP contribution in [0, 0.1) is 0 Å². The van der Waals surface area contributed by atoms with E-state index in [1.165, 1.54) is 6.42 Å². The molecular weight excluding hydrogens is 260 g/mol. The molecule has 1 fully saturated rings. The average molecular weight is 280 g/mol. The van der Waals surface area contributed by atoms with Gasteiger partial charge in [-0.15, -0.1) is 11.3 Å². The van der Waals surface area contributed by atoms with Crippen LogP contribution in [0.2, 0.25) is 0 Å². The second-order valence-electron chi connectivity index (χ2n) is 4.93. The van der Waals surface area contributed by atoms with E-state index in [4.69, 9.17) is 0 Å². The normalized spacial score (nSPS) is 17.0. The molecule has 104 valence electrons. The second kappa shape index (κ2) is 6.70. The lowest BCUT2D eigenvalue weighted by molar-refractivity contribution is -0.136. The summed E-state index contributed by atoms with van der Waals surface area (Å²) in [5, 5.41) is 4.74. The minimum absolute atomic E-state index is 0.0410. The summed E-state index contributed by atoms with van der Waals surface area (Å²) in [6, 6.07) is 3.43. The molecule has 2 amide bonds. The van der Waals surface area contributed by atoms with E-state index in [1.54, 1.807) is 18.3 Å². The Bertz CT molecular complexity index is 425. The molecule has 0 unspecified atom stereocenters. The van der Waals surface area contributed by atoms with Crippen molar-refractivity contribution in [1.82, 2.24) is 10.2 Å². The first-order valence-electron chi connectivity index (χ1n) is 6.77. The van der Waals surface area contributed by atoms with Crippen LogP contribution < -0.4 is 5.32 Å². The predicted octanol–water partition coefficient (Wildman–Crippen LogP) is 1.81. The first-order chi connectivity index (χ1) is 9.16. The molecule has 4 nitrogen and oxygen atoms in total. The monoisotopic (exact) mass is 280 g/mol. The molecule has 0 aliphatic carbocycles. The molecule has 1 saturated heterocycles. The molecule has 1 aromatic rings. The molecule has 1 aromatic heterocycles. The number of hydrogen-bond acceptors (Lipinski definition) is 3. The Balaban J connectivity index is 1.80. The number of likely N-dealkylation sites (tertiary alicyclic amines) is 1. The Morgan fingerprint density at radius 3 is 2.74 bits per heavy atom. The number of nitrogens with zero attached hydrogens (tertiary/aromatic N) is 1. The molecule has 1 aliphatic heterocycles. The van der Waals surface area contributed by atoms with E-state index >= 15 is 0 Å². The molecule has 1 aliphatic rings. The van der Waals surface area contributed by atoms with Crippen molar-refractivity contribution in [3.8, 4) is 0 Å². The molecule has 0 bridgehead atoms. The van der Waals surface area contributed by atoms with Crippen LogP contribution in [-0.4, -0.2) is 35.8 Å². The predicted molar refractivity (Wildman–Crippen MR) is 76.1 cm³/mol. The van der Waals surface area contributed by atoms with Crippen LogP contribution in [-0.2, 0) is 16.0 Å². The first-order valence-corrected chi connectivity index (χ1v) is 7.65. The number of carbonyl (C=O) groups excluding carboxylic acids is 2. The van der Waals surface area contributed by atoms with Crippen molar-refractivity contribution in [2.75, 3.05) is 13.1 Å². The smallest absolute Gasteiger partial charge is 0.244 e. The van der Waals surface area contributed by atoms with E-state index in [2.05, 4.69) is 5.32 Å². The van der Waals surface area contributed by atoms with Crippen molar-refractivity contribution in [3.05, 3.63) is 22.4 Å². The fourth-order valence-corrected chi connectivity index (χ4v) is 3.02. The van der Waals surface area contributed by atoms with Gasteiger partial charge >= 0.3 is 0 Å². The maximum absolute atomic E-state index is 12.1. The Kier molecular flexibility index (Phi) is 4.96. The van der Waals surface area contributed by atoms with Crippen molar-refractivity contribution in [2.24, 2.45) is 0 Å². The summed E-state index contributed by atoms with van der Waals surface area (Å²) in [7, 11) is 0. The molecule has 0 saturated carbocycles. The Hall–Kier alpha value is -1.36. The molecule has 5 heteroatoms. The highest BCUT2D eigenvalue weighted by molar-refractivity contribution is 7.10. The van der Waals surface area contributed by atoms with Gasteiger partial charge in [0, 0.05) is 18.0 Å². The van der Waals surface area contributed by atoms with Gasteiger partial charge in [0.1, 0.15) is 6.04 Å². The third-order valence-corrected chi connectivity index (χ3v) is 4.21. The van der Waals surface area contributed by atoms with Gasteiger partial charge in [0.15, 0.2) is 0 Å². The lowest BCUT2D eigenvalue weighted by Gasteiger charge is -2.29. The van der Waals surface area contributed by atoms with Gasteiger partial charge in [0.25, 0.3) is 0 Å². The van der Waals surface area contributed by atoms with Crippen LogP contribution in [0.4, 0.5) is 0 Å². The Morgan fingerprint density at radius 2 is 2.11 bits per heavy atom. The molecule has 19 heavy (non-hydrogen) atoms. The van der Waals surface area contributed by atoms with Crippen molar-refractivity contribution < 1.29 is 9.59 Å². The maximum atomic E-state index is 12.1. The maximum Gasteiger partial charge on any atom is 0.244 e. The van der Waals surface area contributed by atoms with Gasteiger partial charge in [0.05, 0.1) is 6.42 Å². The molecular formula is C14H20N2O2S. The van der Waals surface area contributed by atoms with Gasteiger partial charge in [-0.05, 0) is 37.6 Å². The zero-order chi connectivity index (χ0) is 13.7. The standard InChI is InChI=1S/C14H20N2O2S/c1-11(14(18)16-7-3-2-4-8-16)15-13(17)10-12-6-5-9-19-12/h5-6,9,11H,2-4,7-8,10H2,1H3,(H,15,17)/t11-/m1/s1. The first kappa shape index (κ1) is 14.1. The summed E-state index contributed by atoms with van der Waals surface area (Å²) in [6.45, 7) is 3.41. The van der Waals surface area contributed by atoms with Gasteiger partial charge in [0.2, 0.25) is 11.8 Å². The Morgan fingerprint density at radius 1 is 1.37 bits per heavy atom. The number of nitrogens with one attached hydrogen (secondary N) is 1. The van der Waals surface area contributed by atoms with Crippen LogP contribution in [0.1, 0.15) is 31.1 Å². The lowest BCUT2D eigenvalue weighted by Crippen LogP contribution is -2.48. The molecule has 0 aromatic carbocycles. The number of piperidine rings is 1. The van der Waals surface area contributed by atoms with Crippen molar-refractivity contribution in [2.45, 2.75) is 38.6 Å². The SMILES string of the molecule is C[C@@H](NC(=O)Cc1cccs1)C(=O)N1CCCCC1. The van der Waals surface area contributed by atoms with E-state index in [9.17, 15) is 9.59 Å². The zero-order valence-electron chi connectivity index (χ0n) is 11.2. The minimum atomic E-state index is -0.425. The average Bonchev–Trinajstić information content (AvgIpc) is 2.91. The van der Waals surface area contributed by atoms with E-state index in [0.29, 0.717) is 6.42 Å². The summed E-state index contributed by atoms with van der Waals surface area (Å²) in [4.78, 5) is 26.9. The van der Waals surface area contributed by atoms with Crippen molar-refractivity contribution >= 4 is 23.2 Å². The van der Waals surface area contributed by atoms with Gasteiger partial charge in [-0.3, -0.25) is 9.59 Å². The quantitative estimate of drug-likeness (QED) is 0.914. The van der Waals surface area contributed by atoms with Crippen molar-refractivity contribution in [3.63, 3.8) is 0 Å². The number of hydrogen-bond donors (Lipinski definition) is 1. The molecule has 2 rings (SSSR count). The topological polar surface area (TPSA) is 49.4 Å². The molecule has 1 atom stereocenters. The van der Waals surface area contributed by atoms with Gasteiger partial charge < -0.3 is 10.2 Å². The van der Waals surface area contributed by atoms with Crippen LogP contribution in [0.15, 0.2) is 17.5 Å². The number of amides is 2. The lowest BCUT2D eigenvalue weighted by atomic mass is 10.1. The fourth-order valence-electron chi connectivity index (χ4n) is 2.31. The number of rotatable bonds is 4. The third kappa shape index (κ3) is 4.06. The highest BCUT2D eigenvalue weighted by Crippen LogP contribution is 2.11. The highest BCUT2D eigenvalue weighted by Gasteiger charge is 2.23. The highest BCUT2D eigenvalue weighted by atomic mass is 32.1. The summed E-state index contributed by atoms with van der Waals surface area (Å²) in [5.41, 5.74) is 0. The van der Waals surface area contributed by atoms with Crippen LogP contribution >= 0.6 is 11.3 Å². The summed E-state index contributed by atoms with van der Waals surface area (Å²) < 4.78 is 0. The number of thiophene rings is 1. The molecule has 0 radical (unpaired) electrons. The fraction of sp³-hybridized carbons (Fsp3) is 0.571. The molecule has 2 heterocycles.